The van der Waals surface area contributed by atoms with Crippen LogP contribution in [0, 0.1) is 0 Å². The maximum Gasteiger partial charge on any atom is 0.212 e. The first kappa shape index (κ1) is 14.5. The van der Waals surface area contributed by atoms with Gasteiger partial charge in [0.05, 0.1) is 17.9 Å². The maximum absolute atomic E-state index is 5.82. The lowest BCUT2D eigenvalue weighted by molar-refractivity contribution is 0.121. The Labute approximate surface area is 136 Å². The average Bonchev–Trinajstić information content (AvgIpc) is 3.21. The van der Waals surface area contributed by atoms with Crippen LogP contribution in [0.5, 0.6) is 5.88 Å². The minimum atomic E-state index is 0.261. The molecule has 2 aromatic rings. The van der Waals surface area contributed by atoms with E-state index in [1.807, 2.05) is 16.9 Å². The molecule has 0 aromatic carbocycles. The maximum atomic E-state index is 5.82. The minimum Gasteiger partial charge on any atom is -0.475 e. The fourth-order valence-corrected chi connectivity index (χ4v) is 3.22. The van der Waals surface area contributed by atoms with Crippen molar-refractivity contribution in [3.8, 4) is 17.1 Å². The average molecular weight is 314 g/mol. The van der Waals surface area contributed by atoms with Crippen molar-refractivity contribution in [2.45, 2.75) is 38.5 Å². The predicted octanol–water partition coefficient (Wildman–Crippen LogP) is 2.34. The molecule has 23 heavy (non-hydrogen) atoms. The molecule has 6 nitrogen and oxygen atoms in total. The summed E-state index contributed by atoms with van der Waals surface area (Å²) in [6.45, 7) is 4.91. The zero-order valence-corrected chi connectivity index (χ0v) is 13.6. The summed E-state index contributed by atoms with van der Waals surface area (Å²) in [6, 6.07) is 6.15. The van der Waals surface area contributed by atoms with Crippen LogP contribution in [-0.4, -0.2) is 47.2 Å². The number of hydrogen-bond acceptors (Lipinski definition) is 5. The molecule has 0 spiro atoms. The van der Waals surface area contributed by atoms with Crippen molar-refractivity contribution in [1.82, 2.24) is 14.8 Å². The summed E-state index contributed by atoms with van der Waals surface area (Å²) in [4.78, 5) is 6.87. The van der Waals surface area contributed by atoms with E-state index in [-0.39, 0.29) is 6.10 Å². The van der Waals surface area contributed by atoms with E-state index in [1.54, 1.807) is 7.11 Å². The number of nitrogens with zero attached hydrogens (tertiary/aromatic N) is 4. The Hall–Kier alpha value is -2.08. The van der Waals surface area contributed by atoms with Crippen molar-refractivity contribution in [2.75, 3.05) is 25.1 Å². The lowest BCUT2D eigenvalue weighted by atomic mass is 10.2. The molecule has 0 radical (unpaired) electrons. The van der Waals surface area contributed by atoms with Crippen LogP contribution in [0.2, 0.25) is 0 Å². The molecular formula is C17H22N4O2. The van der Waals surface area contributed by atoms with Gasteiger partial charge in [-0.2, -0.15) is 5.10 Å². The number of aromatic nitrogens is 3. The third-order valence-electron chi connectivity index (χ3n) is 4.66. The second kappa shape index (κ2) is 5.85. The van der Waals surface area contributed by atoms with Crippen molar-refractivity contribution in [3.63, 3.8) is 0 Å². The molecule has 0 amide bonds. The Balaban J connectivity index is 1.52. The van der Waals surface area contributed by atoms with Gasteiger partial charge in [0.2, 0.25) is 5.88 Å². The van der Waals surface area contributed by atoms with E-state index in [0.29, 0.717) is 6.10 Å². The number of anilines is 1. The fraction of sp³-hybridized carbons (Fsp3) is 0.529. The molecule has 0 bridgehead atoms. The Morgan fingerprint density at radius 2 is 2.17 bits per heavy atom. The highest BCUT2D eigenvalue weighted by Gasteiger charge is 2.23. The van der Waals surface area contributed by atoms with Gasteiger partial charge in [-0.25, -0.2) is 9.67 Å². The Kier molecular flexibility index (Phi) is 3.69. The van der Waals surface area contributed by atoms with Gasteiger partial charge >= 0.3 is 0 Å². The smallest absolute Gasteiger partial charge is 0.212 e. The van der Waals surface area contributed by atoms with Gasteiger partial charge in [0, 0.05) is 51.0 Å². The molecule has 2 aliphatic heterocycles. The van der Waals surface area contributed by atoms with Crippen LogP contribution in [0.3, 0.4) is 0 Å². The van der Waals surface area contributed by atoms with E-state index >= 15 is 0 Å². The van der Waals surface area contributed by atoms with E-state index in [9.17, 15) is 0 Å². The first-order valence-corrected chi connectivity index (χ1v) is 8.21. The van der Waals surface area contributed by atoms with Gasteiger partial charge < -0.3 is 14.4 Å². The largest absolute Gasteiger partial charge is 0.475 e. The number of ether oxygens (including phenoxy) is 2. The van der Waals surface area contributed by atoms with Crippen LogP contribution in [0.1, 0.15) is 19.8 Å². The lowest BCUT2D eigenvalue weighted by Crippen LogP contribution is -2.23. The van der Waals surface area contributed by atoms with Crippen LogP contribution >= 0.6 is 0 Å². The molecule has 0 saturated carbocycles. The van der Waals surface area contributed by atoms with Gasteiger partial charge in [-0.05, 0) is 25.5 Å². The zero-order chi connectivity index (χ0) is 15.8. The highest BCUT2D eigenvalue weighted by atomic mass is 16.5. The molecular weight excluding hydrogens is 292 g/mol. The molecule has 4 heterocycles. The van der Waals surface area contributed by atoms with Gasteiger partial charge in [-0.3, -0.25) is 0 Å². The normalized spacial score (nSPS) is 23.7. The highest BCUT2D eigenvalue weighted by molar-refractivity contribution is 5.61. The van der Waals surface area contributed by atoms with Crippen molar-refractivity contribution in [1.29, 1.82) is 0 Å². The summed E-state index contributed by atoms with van der Waals surface area (Å²) in [7, 11) is 1.77. The first-order valence-electron chi connectivity index (χ1n) is 8.21. The van der Waals surface area contributed by atoms with Crippen molar-refractivity contribution < 1.29 is 9.47 Å². The van der Waals surface area contributed by atoms with Crippen LogP contribution < -0.4 is 9.64 Å². The van der Waals surface area contributed by atoms with Crippen molar-refractivity contribution in [3.05, 3.63) is 24.4 Å². The fourth-order valence-electron chi connectivity index (χ4n) is 3.22. The van der Waals surface area contributed by atoms with Gasteiger partial charge in [-0.1, -0.05) is 0 Å². The highest BCUT2D eigenvalue weighted by Crippen LogP contribution is 2.28. The third kappa shape index (κ3) is 2.79. The van der Waals surface area contributed by atoms with Gasteiger partial charge in [0.15, 0.2) is 0 Å². The van der Waals surface area contributed by atoms with Crippen molar-refractivity contribution in [2.24, 2.45) is 0 Å². The third-order valence-corrected chi connectivity index (χ3v) is 4.66. The van der Waals surface area contributed by atoms with Crippen LogP contribution in [0.15, 0.2) is 24.4 Å². The number of fused-ring (bicyclic) bond motifs is 1. The number of hydrogen-bond donors (Lipinski definition) is 0. The van der Waals surface area contributed by atoms with Gasteiger partial charge in [-0.15, -0.1) is 0 Å². The summed E-state index contributed by atoms with van der Waals surface area (Å²) < 4.78 is 13.2. The van der Waals surface area contributed by atoms with E-state index in [0.717, 1.165) is 55.4 Å². The minimum absolute atomic E-state index is 0.261. The van der Waals surface area contributed by atoms with E-state index in [4.69, 9.17) is 9.47 Å². The molecule has 6 heteroatoms. The second-order valence-corrected chi connectivity index (χ2v) is 6.31. The number of pyridine rings is 1. The topological polar surface area (TPSA) is 52.4 Å². The molecule has 122 valence electrons. The summed E-state index contributed by atoms with van der Waals surface area (Å²) in [6.07, 6.45) is 4.53. The summed E-state index contributed by atoms with van der Waals surface area (Å²) >= 11 is 0. The van der Waals surface area contributed by atoms with Gasteiger partial charge in [0.1, 0.15) is 5.82 Å². The van der Waals surface area contributed by atoms with E-state index in [1.165, 1.54) is 0 Å². The molecule has 1 fully saturated rings. The molecule has 2 aromatic heterocycles. The Morgan fingerprint density at radius 3 is 2.91 bits per heavy atom. The quantitative estimate of drug-likeness (QED) is 0.870. The predicted molar refractivity (Wildman–Crippen MR) is 87.8 cm³/mol. The standard InChI is InChI=1S/C17H22N4O2/c1-12-5-8-21-17(23-12)9-15(19-21)13-3-4-16(18-10-13)20-7-6-14(11-20)22-2/h3-4,9-10,12,14H,5-8,11H2,1-2H3/t12-,14+/m1/s1. The van der Waals surface area contributed by atoms with E-state index in [2.05, 4.69) is 34.0 Å². The van der Waals surface area contributed by atoms with Crippen molar-refractivity contribution >= 4 is 5.82 Å². The molecule has 0 unspecified atom stereocenters. The molecule has 0 N–H and O–H groups in total. The first-order chi connectivity index (χ1) is 11.2. The number of rotatable bonds is 3. The molecule has 2 atom stereocenters. The lowest BCUT2D eigenvalue weighted by Gasteiger charge is -2.20. The Bertz CT molecular complexity index is 682. The molecule has 1 saturated heterocycles. The van der Waals surface area contributed by atoms with Crippen LogP contribution in [0.4, 0.5) is 5.82 Å². The summed E-state index contributed by atoms with van der Waals surface area (Å²) in [5, 5.41) is 4.63. The second-order valence-electron chi connectivity index (χ2n) is 6.31. The number of methoxy groups -OCH3 is 1. The SMILES string of the molecule is CO[C@H]1CCN(c2ccc(-c3cc4n(n3)CC[C@@H](C)O4)cn2)C1. The number of aryl methyl sites for hydroxylation is 1. The summed E-state index contributed by atoms with van der Waals surface area (Å²) in [5.74, 6) is 1.85. The Morgan fingerprint density at radius 1 is 1.26 bits per heavy atom. The van der Waals surface area contributed by atoms with Crippen LogP contribution in [-0.2, 0) is 11.3 Å². The van der Waals surface area contributed by atoms with E-state index < -0.39 is 0 Å². The van der Waals surface area contributed by atoms with Crippen LogP contribution in [0.25, 0.3) is 11.3 Å². The molecule has 4 rings (SSSR count). The molecule has 0 aliphatic carbocycles. The monoisotopic (exact) mass is 314 g/mol. The summed E-state index contributed by atoms with van der Waals surface area (Å²) in [5.41, 5.74) is 1.94. The zero-order valence-electron chi connectivity index (χ0n) is 13.6. The molecule has 2 aliphatic rings. The van der Waals surface area contributed by atoms with Gasteiger partial charge in [0.25, 0.3) is 0 Å².